The van der Waals surface area contributed by atoms with Crippen molar-refractivity contribution in [3.63, 3.8) is 0 Å². The fourth-order valence-electron chi connectivity index (χ4n) is 0.660. The largest absolute Gasteiger partial charge is 0.281 e. The highest BCUT2D eigenvalue weighted by molar-refractivity contribution is 8.68. The highest BCUT2D eigenvalue weighted by atomic mass is 33.1. The third kappa shape index (κ3) is 1.70. The van der Waals surface area contributed by atoms with Crippen molar-refractivity contribution in [3.05, 3.63) is 11.8 Å². The number of hydrogen-bond donors (Lipinski definition) is 2. The van der Waals surface area contributed by atoms with Crippen molar-refractivity contribution >= 4 is 22.5 Å². The molecular formula is C6H10N2S2. The van der Waals surface area contributed by atoms with Crippen LogP contribution in [0.3, 0.4) is 0 Å². The van der Waals surface area contributed by atoms with Crippen LogP contribution in [0.4, 0.5) is 0 Å². The molecule has 0 aromatic carbocycles. The standard InChI is InChI=1S/C6H10N2S2/c1-4(2)5-3-6(10-9)8-7-5/h3-4,9H,1-2H3,(H,7,8). The monoisotopic (exact) mass is 174 g/mol. The Bertz CT molecular complexity index is 207. The molecule has 1 rings (SSSR count). The number of rotatable bonds is 2. The molecule has 2 nitrogen and oxygen atoms in total. The van der Waals surface area contributed by atoms with Crippen LogP contribution >= 0.6 is 22.5 Å². The van der Waals surface area contributed by atoms with Crippen molar-refractivity contribution in [3.8, 4) is 0 Å². The predicted molar refractivity (Wildman–Crippen MR) is 47.5 cm³/mol. The lowest BCUT2D eigenvalue weighted by Gasteiger charge is -1.95. The SMILES string of the molecule is CC(C)c1cc(SS)n[nH]1. The van der Waals surface area contributed by atoms with E-state index >= 15 is 0 Å². The van der Waals surface area contributed by atoms with Crippen molar-refractivity contribution in [1.82, 2.24) is 10.2 Å². The van der Waals surface area contributed by atoms with E-state index in [4.69, 9.17) is 0 Å². The van der Waals surface area contributed by atoms with E-state index in [0.29, 0.717) is 5.92 Å². The molecule has 0 aliphatic carbocycles. The van der Waals surface area contributed by atoms with Gasteiger partial charge in [-0.05, 0) is 22.8 Å². The fourth-order valence-corrected chi connectivity index (χ4v) is 1.21. The van der Waals surface area contributed by atoms with Crippen LogP contribution in [0.2, 0.25) is 0 Å². The topological polar surface area (TPSA) is 28.7 Å². The Morgan fingerprint density at radius 1 is 1.70 bits per heavy atom. The van der Waals surface area contributed by atoms with Gasteiger partial charge in [-0.15, -0.1) is 11.7 Å². The predicted octanol–water partition coefficient (Wildman–Crippen LogP) is 2.47. The molecular weight excluding hydrogens is 164 g/mol. The molecule has 0 saturated carbocycles. The maximum absolute atomic E-state index is 4.03. The molecule has 0 atom stereocenters. The Hall–Kier alpha value is -0.0900. The van der Waals surface area contributed by atoms with Crippen molar-refractivity contribution < 1.29 is 0 Å². The zero-order chi connectivity index (χ0) is 7.56. The molecule has 10 heavy (non-hydrogen) atoms. The van der Waals surface area contributed by atoms with Crippen LogP contribution in [-0.2, 0) is 0 Å². The molecule has 56 valence electrons. The first-order chi connectivity index (χ1) is 4.74. The average molecular weight is 174 g/mol. The highest BCUT2D eigenvalue weighted by Gasteiger charge is 2.02. The van der Waals surface area contributed by atoms with Crippen LogP contribution in [0, 0.1) is 0 Å². The summed E-state index contributed by atoms with van der Waals surface area (Å²) in [5.74, 6) is 0.515. The van der Waals surface area contributed by atoms with Crippen molar-refractivity contribution in [2.75, 3.05) is 0 Å². The zero-order valence-electron chi connectivity index (χ0n) is 5.96. The van der Waals surface area contributed by atoms with Gasteiger partial charge in [0.1, 0.15) is 5.03 Å². The number of nitrogens with one attached hydrogen (secondary N) is 1. The summed E-state index contributed by atoms with van der Waals surface area (Å²) in [4.78, 5) is 0. The van der Waals surface area contributed by atoms with Crippen molar-refractivity contribution in [1.29, 1.82) is 0 Å². The molecule has 0 aliphatic rings. The lowest BCUT2D eigenvalue weighted by molar-refractivity contribution is 0.808. The summed E-state index contributed by atoms with van der Waals surface area (Å²) in [5, 5.41) is 7.89. The van der Waals surface area contributed by atoms with Gasteiger partial charge < -0.3 is 0 Å². The first-order valence-electron chi connectivity index (χ1n) is 3.10. The summed E-state index contributed by atoms with van der Waals surface area (Å²) in [6.45, 7) is 4.25. The van der Waals surface area contributed by atoms with Gasteiger partial charge in [0.2, 0.25) is 0 Å². The fraction of sp³-hybridized carbons (Fsp3) is 0.500. The molecule has 0 unspecified atom stereocenters. The summed E-state index contributed by atoms with van der Waals surface area (Å²) in [7, 11) is 1.36. The Morgan fingerprint density at radius 3 is 2.70 bits per heavy atom. The van der Waals surface area contributed by atoms with Gasteiger partial charge in [-0.25, -0.2) is 0 Å². The molecule has 1 aromatic heterocycles. The molecule has 0 amide bonds. The molecule has 4 heteroatoms. The average Bonchev–Trinajstić information content (AvgIpc) is 2.34. The maximum atomic E-state index is 4.03. The lowest BCUT2D eigenvalue weighted by Crippen LogP contribution is -1.85. The molecule has 1 heterocycles. The third-order valence-electron chi connectivity index (χ3n) is 1.29. The van der Waals surface area contributed by atoms with E-state index in [1.165, 1.54) is 10.8 Å². The minimum absolute atomic E-state index is 0.515. The van der Waals surface area contributed by atoms with E-state index in [1.807, 2.05) is 6.07 Å². The van der Waals surface area contributed by atoms with Crippen LogP contribution in [0.15, 0.2) is 11.1 Å². The number of aromatic nitrogens is 2. The van der Waals surface area contributed by atoms with E-state index in [-0.39, 0.29) is 0 Å². The summed E-state index contributed by atoms with van der Waals surface area (Å²) in [6.07, 6.45) is 0. The molecule has 1 aromatic rings. The van der Waals surface area contributed by atoms with E-state index < -0.39 is 0 Å². The number of nitrogens with zero attached hydrogens (tertiary/aromatic N) is 1. The number of thiol groups is 1. The second-order valence-electron chi connectivity index (χ2n) is 2.41. The number of aromatic amines is 1. The van der Waals surface area contributed by atoms with Crippen LogP contribution in [-0.4, -0.2) is 10.2 Å². The first-order valence-corrected chi connectivity index (χ1v) is 4.97. The van der Waals surface area contributed by atoms with Crippen molar-refractivity contribution in [2.45, 2.75) is 24.8 Å². The maximum Gasteiger partial charge on any atom is 0.128 e. The molecule has 1 N–H and O–H groups in total. The summed E-state index contributed by atoms with van der Waals surface area (Å²) in [5.41, 5.74) is 1.16. The minimum Gasteiger partial charge on any atom is -0.281 e. The molecule has 0 bridgehead atoms. The van der Waals surface area contributed by atoms with Gasteiger partial charge >= 0.3 is 0 Å². The molecule has 0 aliphatic heterocycles. The third-order valence-corrected chi connectivity index (χ3v) is 2.25. The smallest absolute Gasteiger partial charge is 0.128 e. The second-order valence-corrected chi connectivity index (χ2v) is 3.56. The molecule has 0 fully saturated rings. The van der Waals surface area contributed by atoms with Crippen LogP contribution < -0.4 is 0 Å². The number of hydrogen-bond acceptors (Lipinski definition) is 3. The van der Waals surface area contributed by atoms with Gasteiger partial charge in [0.25, 0.3) is 0 Å². The zero-order valence-corrected chi connectivity index (χ0v) is 7.67. The van der Waals surface area contributed by atoms with Gasteiger partial charge in [-0.3, -0.25) is 5.10 Å². The van der Waals surface area contributed by atoms with Crippen LogP contribution in [0.1, 0.15) is 25.5 Å². The van der Waals surface area contributed by atoms with Gasteiger partial charge in [-0.2, -0.15) is 5.10 Å². The Kier molecular flexibility index (Phi) is 2.68. The van der Waals surface area contributed by atoms with E-state index in [2.05, 4.69) is 35.7 Å². The summed E-state index contributed by atoms with van der Waals surface area (Å²) in [6, 6.07) is 2.02. The minimum atomic E-state index is 0.515. The number of H-pyrrole nitrogens is 1. The van der Waals surface area contributed by atoms with Gasteiger partial charge in [-0.1, -0.05) is 13.8 Å². The normalized spacial score (nSPS) is 10.8. The lowest BCUT2D eigenvalue weighted by atomic mass is 10.1. The Labute approximate surface area is 69.6 Å². The van der Waals surface area contributed by atoms with Gasteiger partial charge in [0.05, 0.1) is 0 Å². The molecule has 0 spiro atoms. The van der Waals surface area contributed by atoms with Crippen LogP contribution in [0.5, 0.6) is 0 Å². The molecule has 0 radical (unpaired) electrons. The Morgan fingerprint density at radius 2 is 2.40 bits per heavy atom. The van der Waals surface area contributed by atoms with E-state index in [1.54, 1.807) is 0 Å². The van der Waals surface area contributed by atoms with E-state index in [9.17, 15) is 0 Å². The quantitative estimate of drug-likeness (QED) is 0.532. The summed E-state index contributed by atoms with van der Waals surface area (Å²) >= 11 is 4.03. The highest BCUT2D eigenvalue weighted by Crippen LogP contribution is 2.21. The van der Waals surface area contributed by atoms with Gasteiger partial charge in [0, 0.05) is 5.69 Å². The van der Waals surface area contributed by atoms with Crippen molar-refractivity contribution in [2.24, 2.45) is 0 Å². The first kappa shape index (κ1) is 8.01. The summed E-state index contributed by atoms with van der Waals surface area (Å²) < 4.78 is 0. The second kappa shape index (κ2) is 3.34. The van der Waals surface area contributed by atoms with Crippen LogP contribution in [0.25, 0.3) is 0 Å². The molecule has 0 saturated heterocycles. The Balaban J connectivity index is 2.78. The van der Waals surface area contributed by atoms with E-state index in [0.717, 1.165) is 10.7 Å². The van der Waals surface area contributed by atoms with Gasteiger partial charge in [0.15, 0.2) is 0 Å².